The number of aromatic nitrogens is 2. The molecule has 12 heteroatoms. The van der Waals surface area contributed by atoms with Crippen LogP contribution in [0.5, 0.6) is 11.5 Å². The number of carbonyl (C=O) groups is 1. The molecule has 4 rings (SSSR count). The van der Waals surface area contributed by atoms with E-state index in [1.165, 1.54) is 11.3 Å². The number of thiophene rings is 1. The molecule has 0 unspecified atom stereocenters. The highest BCUT2D eigenvalue weighted by Crippen LogP contribution is 2.38. The van der Waals surface area contributed by atoms with Crippen LogP contribution in [-0.4, -0.2) is 66.1 Å². The minimum absolute atomic E-state index is 0.0458. The van der Waals surface area contributed by atoms with Crippen molar-refractivity contribution >= 4 is 50.7 Å². The van der Waals surface area contributed by atoms with Crippen molar-refractivity contribution in [1.29, 1.82) is 0 Å². The molecule has 35 heavy (non-hydrogen) atoms. The molecule has 1 amide bonds. The zero-order valence-electron chi connectivity index (χ0n) is 19.8. The Labute approximate surface area is 212 Å². The van der Waals surface area contributed by atoms with Gasteiger partial charge in [0.15, 0.2) is 11.5 Å². The van der Waals surface area contributed by atoms with E-state index in [0.29, 0.717) is 68.3 Å². The average Bonchev–Trinajstić information content (AvgIpc) is 3.47. The maximum absolute atomic E-state index is 12.5. The second kappa shape index (κ2) is 11.1. The Morgan fingerprint density at radius 1 is 1.23 bits per heavy atom. The van der Waals surface area contributed by atoms with E-state index in [-0.39, 0.29) is 18.6 Å². The third-order valence-corrected chi connectivity index (χ3v) is 6.80. The van der Waals surface area contributed by atoms with Gasteiger partial charge in [0, 0.05) is 30.1 Å². The van der Waals surface area contributed by atoms with Crippen LogP contribution in [0.4, 0.5) is 5.95 Å². The predicted molar refractivity (Wildman–Crippen MR) is 137 cm³/mol. The summed E-state index contributed by atoms with van der Waals surface area (Å²) in [4.78, 5) is 30.3. The molecule has 0 aliphatic carbocycles. The highest BCUT2D eigenvalue weighted by atomic mass is 35.5. The number of oxime groups is 1. The fraction of sp³-hybridized carbons (Fsp3) is 0.391. The maximum atomic E-state index is 12.5. The number of hydrogen-bond donors (Lipinski definition) is 2. The second-order valence-electron chi connectivity index (χ2n) is 7.60. The number of nitrogen functional groups attached to an aromatic ring is 1. The van der Waals surface area contributed by atoms with Gasteiger partial charge < -0.3 is 30.3 Å². The molecule has 0 radical (unpaired) electrons. The van der Waals surface area contributed by atoms with Crippen molar-refractivity contribution in [2.75, 3.05) is 45.3 Å². The second-order valence-corrected chi connectivity index (χ2v) is 9.04. The van der Waals surface area contributed by atoms with E-state index in [9.17, 15) is 4.79 Å². The van der Waals surface area contributed by atoms with Gasteiger partial charge in [0.1, 0.15) is 22.8 Å². The number of nitrogens with one attached hydrogen (secondary N) is 1. The molecule has 1 aromatic carbocycles. The van der Waals surface area contributed by atoms with Gasteiger partial charge in [-0.2, -0.15) is 0 Å². The van der Waals surface area contributed by atoms with Crippen molar-refractivity contribution in [3.63, 3.8) is 0 Å². The lowest BCUT2D eigenvalue weighted by atomic mass is 10.0. The Bertz CT molecular complexity index is 1260. The number of ether oxygens (including phenoxy) is 2. The van der Waals surface area contributed by atoms with Gasteiger partial charge in [-0.25, -0.2) is 9.97 Å². The lowest BCUT2D eigenvalue weighted by Crippen LogP contribution is -2.26. The number of nitrogens with zero attached hydrogens (tertiary/aromatic N) is 4. The van der Waals surface area contributed by atoms with Gasteiger partial charge in [0.05, 0.1) is 9.90 Å². The maximum Gasteiger partial charge on any atom is 0.261 e. The number of fused-ring (bicyclic) bond motifs is 2. The summed E-state index contributed by atoms with van der Waals surface area (Å²) in [5, 5.41) is 8.24. The van der Waals surface area contributed by atoms with Crippen molar-refractivity contribution in [2.45, 2.75) is 20.8 Å². The summed E-state index contributed by atoms with van der Waals surface area (Å²) in [6.07, 6.45) is 0. The smallest absolute Gasteiger partial charge is 0.261 e. The standard InChI is InChI=1S/C23H27ClN6O4S/c1-4-26-21(31)18-10-14-19(27-23(25)28-22(14)35-18)20(29-34-8-7-30(5-2)6-3)13-9-16-17(11-15(13)24)33-12-32-16/h9-11H,4-8,12H2,1-3H3,(H,26,31)(H2,25,27,28). The number of amides is 1. The number of hydrogen-bond acceptors (Lipinski definition) is 10. The molecule has 3 N–H and O–H groups in total. The zero-order valence-corrected chi connectivity index (χ0v) is 21.3. The van der Waals surface area contributed by atoms with E-state index >= 15 is 0 Å². The summed E-state index contributed by atoms with van der Waals surface area (Å²) < 4.78 is 11.0. The van der Waals surface area contributed by atoms with Crippen molar-refractivity contribution in [3.8, 4) is 11.5 Å². The van der Waals surface area contributed by atoms with E-state index in [1.807, 2.05) is 6.92 Å². The van der Waals surface area contributed by atoms with Crippen LogP contribution in [0.25, 0.3) is 10.2 Å². The van der Waals surface area contributed by atoms with Crippen molar-refractivity contribution in [2.24, 2.45) is 5.16 Å². The Morgan fingerprint density at radius 3 is 2.69 bits per heavy atom. The number of likely N-dealkylation sites (N-methyl/N-ethyl adjacent to an activating group) is 1. The summed E-state index contributed by atoms with van der Waals surface area (Å²) >= 11 is 7.86. The zero-order chi connectivity index (χ0) is 24.9. The van der Waals surface area contributed by atoms with Crippen LogP contribution < -0.4 is 20.5 Å². The molecule has 186 valence electrons. The minimum atomic E-state index is -0.199. The fourth-order valence-corrected chi connectivity index (χ4v) is 4.81. The number of carbonyl (C=O) groups excluding carboxylic acids is 1. The van der Waals surface area contributed by atoms with E-state index in [4.69, 9.17) is 31.6 Å². The SMILES string of the molecule is CCNC(=O)c1cc2c(C(=NOCCN(CC)CC)c3cc4c(cc3Cl)OCO4)nc(N)nc2s1. The molecular weight excluding hydrogens is 492 g/mol. The fourth-order valence-electron chi connectivity index (χ4n) is 3.62. The lowest BCUT2D eigenvalue weighted by Gasteiger charge is -2.17. The Hall–Kier alpha value is -3.15. The van der Waals surface area contributed by atoms with Crippen LogP contribution >= 0.6 is 22.9 Å². The van der Waals surface area contributed by atoms with Gasteiger partial charge in [-0.1, -0.05) is 30.6 Å². The van der Waals surface area contributed by atoms with Crippen molar-refractivity contribution < 1.29 is 19.1 Å². The Morgan fingerprint density at radius 2 is 1.97 bits per heavy atom. The van der Waals surface area contributed by atoms with Crippen LogP contribution in [0.3, 0.4) is 0 Å². The van der Waals surface area contributed by atoms with Gasteiger partial charge in [-0.15, -0.1) is 11.3 Å². The van der Waals surface area contributed by atoms with E-state index in [0.717, 1.165) is 13.1 Å². The van der Waals surface area contributed by atoms with Gasteiger partial charge >= 0.3 is 0 Å². The highest BCUT2D eigenvalue weighted by molar-refractivity contribution is 7.20. The minimum Gasteiger partial charge on any atom is -0.454 e. The molecule has 3 aromatic rings. The molecule has 1 aliphatic heterocycles. The molecule has 0 spiro atoms. The summed E-state index contributed by atoms with van der Waals surface area (Å²) in [7, 11) is 0. The third-order valence-electron chi connectivity index (χ3n) is 5.46. The normalized spacial score (nSPS) is 13.0. The number of halogens is 1. The van der Waals surface area contributed by atoms with Crippen LogP contribution in [0.2, 0.25) is 5.02 Å². The first-order valence-corrected chi connectivity index (χ1v) is 12.5. The summed E-state index contributed by atoms with van der Waals surface area (Å²) in [6, 6.07) is 5.13. The molecule has 3 heterocycles. The number of benzene rings is 1. The van der Waals surface area contributed by atoms with Crippen LogP contribution in [-0.2, 0) is 4.84 Å². The van der Waals surface area contributed by atoms with Gasteiger partial charge in [-0.3, -0.25) is 4.79 Å². The molecule has 0 bridgehead atoms. The third kappa shape index (κ3) is 5.42. The summed E-state index contributed by atoms with van der Waals surface area (Å²) in [5.74, 6) is 0.924. The van der Waals surface area contributed by atoms with Crippen LogP contribution in [0.15, 0.2) is 23.4 Å². The largest absolute Gasteiger partial charge is 0.454 e. The van der Waals surface area contributed by atoms with E-state index in [2.05, 4.69) is 39.2 Å². The number of rotatable bonds is 10. The summed E-state index contributed by atoms with van der Waals surface area (Å²) in [5.41, 5.74) is 7.34. The van der Waals surface area contributed by atoms with Gasteiger partial charge in [-0.05, 0) is 32.1 Å². The number of anilines is 1. The van der Waals surface area contributed by atoms with Crippen LogP contribution in [0, 0.1) is 0 Å². The molecule has 1 aliphatic rings. The lowest BCUT2D eigenvalue weighted by molar-refractivity contribution is 0.0960. The highest BCUT2D eigenvalue weighted by Gasteiger charge is 2.25. The van der Waals surface area contributed by atoms with E-state index in [1.54, 1.807) is 18.2 Å². The molecule has 10 nitrogen and oxygen atoms in total. The van der Waals surface area contributed by atoms with Crippen molar-refractivity contribution in [3.05, 3.63) is 39.4 Å². The average molecular weight is 519 g/mol. The molecule has 0 fully saturated rings. The Balaban J connectivity index is 1.80. The van der Waals surface area contributed by atoms with Gasteiger partial charge in [0.25, 0.3) is 5.91 Å². The van der Waals surface area contributed by atoms with Gasteiger partial charge in [0.2, 0.25) is 12.7 Å². The van der Waals surface area contributed by atoms with E-state index < -0.39 is 0 Å². The molecule has 0 saturated heterocycles. The first kappa shape index (κ1) is 25.0. The predicted octanol–water partition coefficient (Wildman–Crippen LogP) is 3.52. The molecule has 2 aromatic heterocycles. The first-order valence-electron chi connectivity index (χ1n) is 11.3. The molecule has 0 atom stereocenters. The molecule has 0 saturated carbocycles. The molecular formula is C23H27ClN6O4S. The first-order chi connectivity index (χ1) is 16.9. The van der Waals surface area contributed by atoms with Crippen molar-refractivity contribution in [1.82, 2.24) is 20.2 Å². The topological polar surface area (TPSA) is 124 Å². The Kier molecular flexibility index (Phi) is 7.89. The summed E-state index contributed by atoms with van der Waals surface area (Å²) in [6.45, 7) is 9.54. The quantitative estimate of drug-likeness (QED) is 0.237. The monoisotopic (exact) mass is 518 g/mol. The van der Waals surface area contributed by atoms with Crippen LogP contribution in [0.1, 0.15) is 41.7 Å². The number of nitrogens with two attached hydrogens (primary N) is 1.